The third-order valence-electron chi connectivity index (χ3n) is 3.94. The zero-order chi connectivity index (χ0) is 13.7. The Bertz CT molecular complexity index is 214. The molecule has 104 valence electrons. The van der Waals surface area contributed by atoms with E-state index in [-0.39, 0.29) is 17.6 Å². The third kappa shape index (κ3) is 5.36. The van der Waals surface area contributed by atoms with Crippen LogP contribution in [0.1, 0.15) is 48.0 Å². The standard InChI is InChI=1S/C14H32N2O/c1-8-9-15-12(2)13(3,4)10-16(7)14(5,6)11-17/h12,15,17H,8-11H2,1-7H3. The van der Waals surface area contributed by atoms with Gasteiger partial charge in [-0.05, 0) is 46.2 Å². The Kier molecular flexibility index (Phi) is 6.67. The Morgan fingerprint density at radius 1 is 1.24 bits per heavy atom. The van der Waals surface area contributed by atoms with Gasteiger partial charge in [0.25, 0.3) is 0 Å². The molecule has 0 fully saturated rings. The van der Waals surface area contributed by atoms with Gasteiger partial charge in [0, 0.05) is 18.1 Å². The van der Waals surface area contributed by atoms with Crippen LogP contribution in [0.2, 0.25) is 0 Å². The molecule has 2 N–H and O–H groups in total. The number of rotatable bonds is 8. The average Bonchev–Trinajstić information content (AvgIpc) is 2.24. The molecule has 0 aromatic carbocycles. The van der Waals surface area contributed by atoms with Crippen molar-refractivity contribution >= 4 is 0 Å². The summed E-state index contributed by atoms with van der Waals surface area (Å²) < 4.78 is 0. The van der Waals surface area contributed by atoms with Crippen LogP contribution in [0.4, 0.5) is 0 Å². The molecule has 0 aliphatic heterocycles. The zero-order valence-electron chi connectivity index (χ0n) is 12.8. The van der Waals surface area contributed by atoms with Gasteiger partial charge in [0.15, 0.2) is 0 Å². The van der Waals surface area contributed by atoms with E-state index >= 15 is 0 Å². The maximum Gasteiger partial charge on any atom is 0.0609 e. The first-order valence-corrected chi connectivity index (χ1v) is 6.73. The zero-order valence-corrected chi connectivity index (χ0v) is 12.8. The Morgan fingerprint density at radius 3 is 2.18 bits per heavy atom. The molecule has 0 heterocycles. The van der Waals surface area contributed by atoms with Crippen LogP contribution < -0.4 is 5.32 Å². The molecule has 0 saturated carbocycles. The fourth-order valence-corrected chi connectivity index (χ4v) is 1.72. The molecule has 1 unspecified atom stereocenters. The van der Waals surface area contributed by atoms with Crippen LogP contribution in [0, 0.1) is 5.41 Å². The van der Waals surface area contributed by atoms with Crippen molar-refractivity contribution in [2.45, 2.75) is 59.5 Å². The lowest BCUT2D eigenvalue weighted by molar-refractivity contribution is 0.0406. The van der Waals surface area contributed by atoms with Crippen LogP contribution in [0.25, 0.3) is 0 Å². The van der Waals surface area contributed by atoms with E-state index in [2.05, 4.69) is 58.8 Å². The minimum atomic E-state index is -0.151. The molecule has 0 radical (unpaired) electrons. The normalized spacial score (nSPS) is 15.4. The quantitative estimate of drug-likeness (QED) is 0.686. The summed E-state index contributed by atoms with van der Waals surface area (Å²) in [7, 11) is 2.09. The number of aliphatic hydroxyl groups is 1. The molecule has 17 heavy (non-hydrogen) atoms. The van der Waals surface area contributed by atoms with E-state index in [1.165, 1.54) is 6.42 Å². The lowest BCUT2D eigenvalue weighted by Gasteiger charge is -2.42. The van der Waals surface area contributed by atoms with E-state index in [1.54, 1.807) is 0 Å². The number of likely N-dealkylation sites (N-methyl/N-ethyl adjacent to an activating group) is 1. The van der Waals surface area contributed by atoms with Crippen LogP contribution in [0.15, 0.2) is 0 Å². The van der Waals surface area contributed by atoms with Crippen molar-refractivity contribution in [3.8, 4) is 0 Å². The summed E-state index contributed by atoms with van der Waals surface area (Å²) in [6, 6.07) is 0.472. The average molecular weight is 244 g/mol. The second-order valence-corrected chi connectivity index (χ2v) is 6.49. The van der Waals surface area contributed by atoms with E-state index in [1.807, 2.05) is 0 Å². The highest BCUT2D eigenvalue weighted by Gasteiger charge is 2.32. The number of aliphatic hydroxyl groups excluding tert-OH is 1. The van der Waals surface area contributed by atoms with E-state index in [4.69, 9.17) is 0 Å². The van der Waals surface area contributed by atoms with Crippen molar-refractivity contribution in [3.63, 3.8) is 0 Å². The largest absolute Gasteiger partial charge is 0.394 e. The highest BCUT2D eigenvalue weighted by atomic mass is 16.3. The Balaban J connectivity index is 4.42. The second-order valence-electron chi connectivity index (χ2n) is 6.49. The topological polar surface area (TPSA) is 35.5 Å². The van der Waals surface area contributed by atoms with E-state index in [0.717, 1.165) is 13.1 Å². The van der Waals surface area contributed by atoms with Crippen molar-refractivity contribution in [1.82, 2.24) is 10.2 Å². The molecule has 1 atom stereocenters. The van der Waals surface area contributed by atoms with Crippen LogP contribution >= 0.6 is 0 Å². The maximum atomic E-state index is 9.38. The fraction of sp³-hybridized carbons (Fsp3) is 1.00. The molecular formula is C14H32N2O. The number of hydrogen-bond donors (Lipinski definition) is 2. The predicted octanol–water partition coefficient (Wildman–Crippen LogP) is 2.10. The highest BCUT2D eigenvalue weighted by molar-refractivity contribution is 4.88. The SMILES string of the molecule is CCCNC(C)C(C)(C)CN(C)C(C)(C)CO. The van der Waals surface area contributed by atoms with Gasteiger partial charge in [0.2, 0.25) is 0 Å². The lowest BCUT2D eigenvalue weighted by atomic mass is 9.83. The summed E-state index contributed by atoms with van der Waals surface area (Å²) >= 11 is 0. The van der Waals surface area contributed by atoms with Crippen LogP contribution in [-0.4, -0.2) is 48.3 Å². The second kappa shape index (κ2) is 6.72. The van der Waals surface area contributed by atoms with Crippen molar-refractivity contribution in [1.29, 1.82) is 0 Å². The van der Waals surface area contributed by atoms with Gasteiger partial charge in [-0.15, -0.1) is 0 Å². The minimum Gasteiger partial charge on any atom is -0.394 e. The van der Waals surface area contributed by atoms with Gasteiger partial charge in [-0.1, -0.05) is 20.8 Å². The molecule has 0 aromatic rings. The van der Waals surface area contributed by atoms with Crippen LogP contribution in [-0.2, 0) is 0 Å². The van der Waals surface area contributed by atoms with Crippen LogP contribution in [0.3, 0.4) is 0 Å². The summed E-state index contributed by atoms with van der Waals surface area (Å²) in [5, 5.41) is 12.9. The minimum absolute atomic E-state index is 0.151. The smallest absolute Gasteiger partial charge is 0.0609 e. The number of nitrogens with zero attached hydrogens (tertiary/aromatic N) is 1. The summed E-state index contributed by atoms with van der Waals surface area (Å²) in [5.41, 5.74) is 0.0398. The summed E-state index contributed by atoms with van der Waals surface area (Å²) in [4.78, 5) is 2.25. The Labute approximate surface area is 108 Å². The van der Waals surface area contributed by atoms with E-state index < -0.39 is 0 Å². The summed E-state index contributed by atoms with van der Waals surface area (Å²) in [5.74, 6) is 0. The van der Waals surface area contributed by atoms with Crippen molar-refractivity contribution in [2.75, 3.05) is 26.7 Å². The van der Waals surface area contributed by atoms with Gasteiger partial charge in [-0.2, -0.15) is 0 Å². The molecule has 0 aliphatic rings. The number of nitrogens with one attached hydrogen (secondary N) is 1. The molecule has 3 heteroatoms. The van der Waals surface area contributed by atoms with Gasteiger partial charge in [-0.25, -0.2) is 0 Å². The monoisotopic (exact) mass is 244 g/mol. The first-order valence-electron chi connectivity index (χ1n) is 6.73. The van der Waals surface area contributed by atoms with E-state index in [9.17, 15) is 5.11 Å². The molecule has 0 amide bonds. The Hall–Kier alpha value is -0.120. The lowest BCUT2D eigenvalue weighted by Crippen LogP contribution is -2.52. The fourth-order valence-electron chi connectivity index (χ4n) is 1.72. The van der Waals surface area contributed by atoms with Gasteiger partial charge in [-0.3, -0.25) is 4.90 Å². The first-order chi connectivity index (χ1) is 7.67. The molecule has 0 bridgehead atoms. The van der Waals surface area contributed by atoms with Crippen molar-refractivity contribution in [3.05, 3.63) is 0 Å². The summed E-state index contributed by atoms with van der Waals surface area (Å²) in [6.07, 6.45) is 1.17. The molecule has 0 aromatic heterocycles. The van der Waals surface area contributed by atoms with Gasteiger partial charge in [0.1, 0.15) is 0 Å². The summed E-state index contributed by atoms with van der Waals surface area (Å²) in [6.45, 7) is 15.4. The Morgan fingerprint density at radius 2 is 1.76 bits per heavy atom. The van der Waals surface area contributed by atoms with Crippen molar-refractivity contribution in [2.24, 2.45) is 5.41 Å². The molecule has 0 rings (SSSR count). The van der Waals surface area contributed by atoms with Crippen LogP contribution in [0.5, 0.6) is 0 Å². The highest BCUT2D eigenvalue weighted by Crippen LogP contribution is 2.25. The van der Waals surface area contributed by atoms with E-state index in [0.29, 0.717) is 6.04 Å². The van der Waals surface area contributed by atoms with Gasteiger partial charge in [0.05, 0.1) is 6.61 Å². The molecule has 3 nitrogen and oxygen atoms in total. The van der Waals surface area contributed by atoms with Crippen molar-refractivity contribution < 1.29 is 5.11 Å². The molecular weight excluding hydrogens is 212 g/mol. The maximum absolute atomic E-state index is 9.38. The van der Waals surface area contributed by atoms with Gasteiger partial charge >= 0.3 is 0 Å². The first kappa shape index (κ1) is 16.9. The number of hydrogen-bond acceptors (Lipinski definition) is 3. The third-order valence-corrected chi connectivity index (χ3v) is 3.94. The molecule has 0 saturated heterocycles. The molecule has 0 spiro atoms. The molecule has 0 aliphatic carbocycles. The predicted molar refractivity (Wildman–Crippen MR) is 75.3 cm³/mol. The van der Waals surface area contributed by atoms with Gasteiger partial charge < -0.3 is 10.4 Å².